The Bertz CT molecular complexity index is 2770. The van der Waals surface area contributed by atoms with Crippen molar-refractivity contribution in [2.24, 2.45) is 0 Å². The quantitative estimate of drug-likeness (QED) is 0.169. The second-order valence-electron chi connectivity index (χ2n) is 17.1. The summed E-state index contributed by atoms with van der Waals surface area (Å²) < 4.78 is 15.6. The molecule has 3 aliphatic carbocycles. The highest BCUT2D eigenvalue weighted by molar-refractivity contribution is 6.62. The van der Waals surface area contributed by atoms with Crippen LogP contribution in [0.15, 0.2) is 133 Å². The van der Waals surface area contributed by atoms with Gasteiger partial charge < -0.3 is 13.9 Å². The molecule has 1 aliphatic heterocycles. The predicted octanol–water partition coefficient (Wildman–Crippen LogP) is 11.5. The molecule has 0 amide bonds. The maximum atomic E-state index is 6.53. The second-order valence-corrected chi connectivity index (χ2v) is 17.1. The van der Waals surface area contributed by atoms with Crippen molar-refractivity contribution in [3.63, 3.8) is 0 Å². The molecule has 2 unspecified atom stereocenters. The molecular formula is C49H42BNO2. The molecule has 53 heavy (non-hydrogen) atoms. The first kappa shape index (κ1) is 31.4. The average molecular weight is 688 g/mol. The molecule has 4 aliphatic rings. The van der Waals surface area contributed by atoms with Gasteiger partial charge in [-0.05, 0) is 113 Å². The van der Waals surface area contributed by atoms with Gasteiger partial charge in [0.1, 0.15) is 0 Å². The Kier molecular flexibility index (Phi) is 6.22. The molecule has 1 aromatic heterocycles. The number of rotatable bonds is 2. The molecule has 0 spiro atoms. The average Bonchev–Trinajstić information content (AvgIpc) is 3.70. The summed E-state index contributed by atoms with van der Waals surface area (Å²) in [5.74, 6) is 0.505. The Hall–Kier alpha value is -5.16. The topological polar surface area (TPSA) is 23.4 Å². The summed E-state index contributed by atoms with van der Waals surface area (Å²) in [6.45, 7) is 13.3. The van der Waals surface area contributed by atoms with Gasteiger partial charge in [0.15, 0.2) is 0 Å². The van der Waals surface area contributed by atoms with E-state index in [0.29, 0.717) is 0 Å². The maximum absolute atomic E-state index is 6.53. The molecule has 1 fully saturated rings. The molecule has 0 N–H and O–H groups in total. The number of hydrogen-bond donors (Lipinski definition) is 0. The molecule has 2 atom stereocenters. The Balaban J connectivity index is 1.24. The zero-order chi connectivity index (χ0) is 36.0. The lowest BCUT2D eigenvalue weighted by Crippen LogP contribution is -2.41. The molecule has 0 bridgehead atoms. The lowest BCUT2D eigenvalue weighted by Gasteiger charge is -2.35. The van der Waals surface area contributed by atoms with Crippen LogP contribution in [0.1, 0.15) is 75.6 Å². The highest BCUT2D eigenvalue weighted by Crippen LogP contribution is 2.57. The van der Waals surface area contributed by atoms with E-state index in [1.807, 2.05) is 0 Å². The summed E-state index contributed by atoms with van der Waals surface area (Å²) >= 11 is 0. The second kappa shape index (κ2) is 10.5. The van der Waals surface area contributed by atoms with E-state index < -0.39 is 18.3 Å². The van der Waals surface area contributed by atoms with Crippen molar-refractivity contribution < 1.29 is 9.31 Å². The van der Waals surface area contributed by atoms with E-state index in [-0.39, 0.29) is 17.3 Å². The van der Waals surface area contributed by atoms with E-state index in [1.54, 1.807) is 0 Å². The molecule has 4 heteroatoms. The molecule has 7 aromatic rings. The number of hydrogen-bond acceptors (Lipinski definition) is 2. The molecule has 1 saturated heterocycles. The van der Waals surface area contributed by atoms with Gasteiger partial charge in [-0.3, -0.25) is 0 Å². The van der Waals surface area contributed by atoms with Crippen molar-refractivity contribution in [1.29, 1.82) is 0 Å². The number of nitrogens with zero attached hydrogens (tertiary/aromatic N) is 1. The van der Waals surface area contributed by atoms with Crippen LogP contribution in [0.3, 0.4) is 0 Å². The van der Waals surface area contributed by atoms with Crippen LogP contribution in [0.25, 0.3) is 60.5 Å². The number of allylic oxidation sites excluding steroid dienone is 4. The minimum atomic E-state index is -0.398. The summed E-state index contributed by atoms with van der Waals surface area (Å²) in [6, 6.07) is 41.1. The Morgan fingerprint density at radius 2 is 1.25 bits per heavy atom. The van der Waals surface area contributed by atoms with Crippen LogP contribution >= 0.6 is 0 Å². The molecular weight excluding hydrogens is 645 g/mol. The van der Waals surface area contributed by atoms with E-state index in [2.05, 4.69) is 180 Å². The van der Waals surface area contributed by atoms with Crippen molar-refractivity contribution in [2.45, 2.75) is 70.0 Å². The molecule has 11 rings (SSSR count). The fraction of sp³-hybridized carbons (Fsp3) is 0.224. The van der Waals surface area contributed by atoms with Crippen molar-refractivity contribution in [2.75, 3.05) is 0 Å². The van der Waals surface area contributed by atoms with Crippen LogP contribution in [0.4, 0.5) is 0 Å². The molecule has 3 nitrogen and oxygen atoms in total. The third kappa shape index (κ3) is 4.09. The monoisotopic (exact) mass is 687 g/mol. The number of aromatic nitrogens is 1. The van der Waals surface area contributed by atoms with Gasteiger partial charge in [0.05, 0.1) is 22.2 Å². The van der Waals surface area contributed by atoms with E-state index in [9.17, 15) is 0 Å². The molecule has 6 aromatic carbocycles. The first-order valence-corrected chi connectivity index (χ1v) is 19.1. The predicted molar refractivity (Wildman–Crippen MR) is 221 cm³/mol. The van der Waals surface area contributed by atoms with Crippen molar-refractivity contribution in [3.05, 3.63) is 156 Å². The minimum Gasteiger partial charge on any atom is -0.399 e. The van der Waals surface area contributed by atoms with Crippen LogP contribution in [0, 0.1) is 0 Å². The molecule has 0 radical (unpaired) electrons. The third-order valence-electron chi connectivity index (χ3n) is 13.4. The number of fused-ring (bicyclic) bond motifs is 16. The summed E-state index contributed by atoms with van der Waals surface area (Å²) in [5, 5.41) is 5.26. The summed E-state index contributed by atoms with van der Waals surface area (Å²) in [7, 11) is -0.398. The van der Waals surface area contributed by atoms with Gasteiger partial charge in [0.25, 0.3) is 0 Å². The molecule has 2 heterocycles. The van der Waals surface area contributed by atoms with Gasteiger partial charge in [0, 0.05) is 33.7 Å². The minimum absolute atomic E-state index is 0.223. The standard InChI is InChI=1S/C49H42BNO2/c1-47(2)40-26-29(50-52-48(3,4)49(5,6)53-50)24-25-33(40)38-27-39-42(28-41(38)47)51(30-16-8-7-9-17-30)46-44(39)37-23-15-14-22-36(37)43-34-20-12-10-18-31(34)32-19-11-13-21-35(32)45(43)46/h7-28,32,35H,1-6H3. The SMILES string of the molecule is CC1(C)c2cc(B3OC(C)(C)C(C)(C)O3)ccc2-c2cc3c4c5ccccc5c5c(c4n(-c4ccccc4)c3cc21)C1C=CC=CC1c1ccccc1-5. The number of benzene rings is 6. The summed E-state index contributed by atoms with van der Waals surface area (Å²) in [5.41, 5.74) is 14.7. The smallest absolute Gasteiger partial charge is 0.399 e. The van der Waals surface area contributed by atoms with E-state index in [0.717, 1.165) is 5.46 Å². The van der Waals surface area contributed by atoms with Gasteiger partial charge in [-0.15, -0.1) is 0 Å². The normalized spacial score (nSPS) is 21.1. The van der Waals surface area contributed by atoms with Crippen LogP contribution in [-0.2, 0) is 14.7 Å². The Morgan fingerprint density at radius 3 is 2.02 bits per heavy atom. The Morgan fingerprint density at radius 1 is 0.585 bits per heavy atom. The highest BCUT2D eigenvalue weighted by Gasteiger charge is 2.52. The fourth-order valence-electron chi connectivity index (χ4n) is 10.0. The van der Waals surface area contributed by atoms with Crippen molar-refractivity contribution >= 4 is 45.2 Å². The first-order valence-electron chi connectivity index (χ1n) is 19.1. The van der Waals surface area contributed by atoms with Crippen LogP contribution in [0.2, 0.25) is 0 Å². The molecule has 258 valence electrons. The van der Waals surface area contributed by atoms with Crippen LogP contribution < -0.4 is 5.46 Å². The molecule has 0 saturated carbocycles. The van der Waals surface area contributed by atoms with Gasteiger partial charge in [-0.2, -0.15) is 0 Å². The van der Waals surface area contributed by atoms with Gasteiger partial charge in [-0.1, -0.05) is 123 Å². The first-order chi connectivity index (χ1) is 25.5. The lowest BCUT2D eigenvalue weighted by atomic mass is 9.68. The largest absolute Gasteiger partial charge is 0.494 e. The third-order valence-corrected chi connectivity index (χ3v) is 13.4. The van der Waals surface area contributed by atoms with E-state index in [4.69, 9.17) is 9.31 Å². The zero-order valence-corrected chi connectivity index (χ0v) is 31.2. The Labute approximate surface area is 311 Å². The van der Waals surface area contributed by atoms with Crippen molar-refractivity contribution in [1.82, 2.24) is 4.57 Å². The summed E-state index contributed by atoms with van der Waals surface area (Å²) in [4.78, 5) is 0. The summed E-state index contributed by atoms with van der Waals surface area (Å²) in [6.07, 6.45) is 9.34. The van der Waals surface area contributed by atoms with Crippen LogP contribution in [0.5, 0.6) is 0 Å². The van der Waals surface area contributed by atoms with Gasteiger partial charge >= 0.3 is 7.12 Å². The highest BCUT2D eigenvalue weighted by atomic mass is 16.7. The van der Waals surface area contributed by atoms with Gasteiger partial charge in [-0.25, -0.2) is 0 Å². The van der Waals surface area contributed by atoms with Crippen LogP contribution in [-0.4, -0.2) is 22.9 Å². The zero-order valence-electron chi connectivity index (χ0n) is 31.2. The van der Waals surface area contributed by atoms with E-state index >= 15 is 0 Å². The maximum Gasteiger partial charge on any atom is 0.494 e. The number of para-hydroxylation sites is 1. The fourth-order valence-corrected chi connectivity index (χ4v) is 10.0. The van der Waals surface area contributed by atoms with Gasteiger partial charge in [0.2, 0.25) is 0 Å². The lowest BCUT2D eigenvalue weighted by molar-refractivity contribution is 0.00578. The van der Waals surface area contributed by atoms with Crippen molar-refractivity contribution in [3.8, 4) is 27.9 Å². The van der Waals surface area contributed by atoms with E-state index in [1.165, 1.54) is 82.8 Å².